The molecule has 3 nitrogen and oxygen atoms in total. The van der Waals surface area contributed by atoms with Crippen LogP contribution in [0.1, 0.15) is 70.3 Å². The van der Waals surface area contributed by atoms with E-state index >= 15 is 0 Å². The Balaban J connectivity index is 1.88. The van der Waals surface area contributed by atoms with Gasteiger partial charge >= 0.3 is 0 Å². The van der Waals surface area contributed by atoms with Gasteiger partial charge in [0, 0.05) is 5.18 Å². The van der Waals surface area contributed by atoms with E-state index in [-0.39, 0.29) is 0 Å². The van der Waals surface area contributed by atoms with Gasteiger partial charge in [0.25, 0.3) is 0 Å². The lowest BCUT2D eigenvalue weighted by molar-refractivity contribution is 0.273. The standard InChI is InChI=1S/C23H33NO2/c1-22(15-9-6-10-16-23-17-11-7-12-18-23)14-8-4-2-3-5-13-20-26-21-19-24-25/h2-3,7,11-12,17-18,22H,4-6,8-10,13-16,20H2,1H3/b3-2+. The molecule has 0 aromatic heterocycles. The van der Waals surface area contributed by atoms with Crippen LogP contribution >= 0.6 is 0 Å². The predicted octanol–water partition coefficient (Wildman–Crippen LogP) is 6.63. The lowest BCUT2D eigenvalue weighted by Crippen LogP contribution is -1.95. The first kappa shape index (κ1) is 22.0. The van der Waals surface area contributed by atoms with E-state index < -0.39 is 0 Å². The van der Waals surface area contributed by atoms with Crippen LogP contribution in [0.5, 0.6) is 0 Å². The molecule has 0 N–H and O–H groups in total. The van der Waals surface area contributed by atoms with Crippen LogP contribution in [0.3, 0.4) is 0 Å². The number of benzene rings is 1. The molecule has 0 aliphatic heterocycles. The van der Waals surface area contributed by atoms with Crippen molar-refractivity contribution >= 4 is 0 Å². The van der Waals surface area contributed by atoms with Crippen LogP contribution in [0.15, 0.2) is 47.7 Å². The summed E-state index contributed by atoms with van der Waals surface area (Å²) in [6.45, 7) is 2.93. The number of rotatable bonds is 14. The maximum atomic E-state index is 9.71. The number of nitrogens with zero attached hydrogens (tertiary/aromatic N) is 1. The van der Waals surface area contributed by atoms with Crippen molar-refractivity contribution < 1.29 is 4.74 Å². The number of nitroso groups, excluding NO2 is 1. The zero-order chi connectivity index (χ0) is 18.7. The number of allylic oxidation sites excluding steroid dienone is 2. The van der Waals surface area contributed by atoms with Crippen LogP contribution in [0.25, 0.3) is 0 Å². The molecule has 1 unspecified atom stereocenters. The van der Waals surface area contributed by atoms with Gasteiger partial charge in [-0.2, -0.15) is 0 Å². The fourth-order valence-corrected chi connectivity index (χ4v) is 2.98. The van der Waals surface area contributed by atoms with Crippen molar-refractivity contribution in [2.75, 3.05) is 6.61 Å². The minimum Gasteiger partial charge on any atom is -0.445 e. The van der Waals surface area contributed by atoms with Crippen LogP contribution < -0.4 is 0 Å². The Morgan fingerprint density at radius 2 is 1.73 bits per heavy atom. The molecular formula is C23H33NO2. The first-order valence-corrected chi connectivity index (χ1v) is 9.96. The Kier molecular flexibility index (Phi) is 13.8. The largest absolute Gasteiger partial charge is 0.445 e. The molecule has 142 valence electrons. The number of aryl methyl sites for hydroxylation is 1. The third-order valence-electron chi connectivity index (χ3n) is 4.52. The Morgan fingerprint density at radius 3 is 2.50 bits per heavy atom. The second-order valence-corrected chi connectivity index (χ2v) is 6.89. The monoisotopic (exact) mass is 355 g/mol. The van der Waals surface area contributed by atoms with E-state index in [0.717, 1.165) is 25.2 Å². The highest BCUT2D eigenvalue weighted by molar-refractivity contribution is 5.14. The molecule has 3 heteroatoms. The summed E-state index contributed by atoms with van der Waals surface area (Å²) in [6, 6.07) is 12.8. The average molecular weight is 356 g/mol. The van der Waals surface area contributed by atoms with Gasteiger partial charge < -0.3 is 4.74 Å². The zero-order valence-corrected chi connectivity index (χ0v) is 16.2. The Labute approximate surface area is 159 Å². The molecule has 0 radical (unpaired) electrons. The van der Waals surface area contributed by atoms with E-state index in [2.05, 4.69) is 60.7 Å². The van der Waals surface area contributed by atoms with Gasteiger partial charge in [-0.25, -0.2) is 0 Å². The predicted molar refractivity (Wildman–Crippen MR) is 110 cm³/mol. The summed E-state index contributed by atoms with van der Waals surface area (Å²) in [5.74, 6) is 0.832. The molecule has 0 saturated carbocycles. The van der Waals surface area contributed by atoms with E-state index in [0.29, 0.717) is 6.61 Å². The van der Waals surface area contributed by atoms with E-state index in [1.807, 2.05) is 6.04 Å². The molecule has 0 fully saturated rings. The zero-order valence-electron chi connectivity index (χ0n) is 16.2. The summed E-state index contributed by atoms with van der Waals surface area (Å²) in [5.41, 5.74) is 1.46. The Hall–Kier alpha value is -2.08. The molecule has 0 heterocycles. The number of ether oxygens (including phenoxy) is 1. The van der Waals surface area contributed by atoms with Crippen molar-refractivity contribution in [2.45, 2.75) is 71.1 Å². The highest BCUT2D eigenvalue weighted by Crippen LogP contribution is 2.17. The highest BCUT2D eigenvalue weighted by atomic mass is 16.5. The van der Waals surface area contributed by atoms with Crippen LogP contribution in [0.2, 0.25) is 0 Å². The molecular weight excluding hydrogens is 322 g/mol. The molecule has 1 aromatic carbocycles. The molecule has 0 amide bonds. The Morgan fingerprint density at radius 1 is 1.00 bits per heavy atom. The molecule has 1 atom stereocenters. The normalized spacial score (nSPS) is 11.7. The molecule has 0 spiro atoms. The summed E-state index contributed by atoms with van der Waals surface area (Å²) >= 11 is 0. The van der Waals surface area contributed by atoms with Crippen molar-refractivity contribution in [3.8, 4) is 12.2 Å². The van der Waals surface area contributed by atoms with Crippen LogP contribution in [-0.4, -0.2) is 6.61 Å². The average Bonchev–Trinajstić information content (AvgIpc) is 2.66. The maximum absolute atomic E-state index is 9.71. The summed E-state index contributed by atoms with van der Waals surface area (Å²) in [5, 5.41) is 2.41. The molecule has 0 aliphatic rings. The molecule has 1 rings (SSSR count). The number of hydrogen-bond acceptors (Lipinski definition) is 3. The van der Waals surface area contributed by atoms with Gasteiger partial charge in [0.2, 0.25) is 0 Å². The van der Waals surface area contributed by atoms with Crippen molar-refractivity contribution in [2.24, 2.45) is 11.1 Å². The molecule has 0 saturated heterocycles. The van der Waals surface area contributed by atoms with Gasteiger partial charge in [-0.05, 0) is 50.0 Å². The first-order valence-electron chi connectivity index (χ1n) is 9.96. The fraction of sp³-hybridized carbons (Fsp3) is 0.565. The van der Waals surface area contributed by atoms with Gasteiger partial charge in [-0.15, -0.1) is 4.91 Å². The van der Waals surface area contributed by atoms with Gasteiger partial charge in [-0.3, -0.25) is 0 Å². The second-order valence-electron chi connectivity index (χ2n) is 6.89. The van der Waals surface area contributed by atoms with Crippen molar-refractivity contribution in [1.82, 2.24) is 0 Å². The van der Waals surface area contributed by atoms with Crippen LogP contribution in [0.4, 0.5) is 0 Å². The summed E-state index contributed by atoms with van der Waals surface area (Å²) in [6.07, 6.45) is 19.0. The number of hydrogen-bond donors (Lipinski definition) is 0. The molecule has 0 aliphatic carbocycles. The third kappa shape index (κ3) is 13.2. The molecule has 0 bridgehead atoms. The summed E-state index contributed by atoms with van der Waals surface area (Å²) < 4.78 is 4.92. The molecule has 26 heavy (non-hydrogen) atoms. The fourth-order valence-electron chi connectivity index (χ4n) is 2.98. The van der Waals surface area contributed by atoms with Gasteiger partial charge in [0.15, 0.2) is 0 Å². The summed E-state index contributed by atoms with van der Waals surface area (Å²) in [4.78, 5) is 9.71. The van der Waals surface area contributed by atoms with Crippen molar-refractivity contribution in [3.63, 3.8) is 0 Å². The van der Waals surface area contributed by atoms with Crippen molar-refractivity contribution in [3.05, 3.63) is 53.0 Å². The molecule has 1 aromatic rings. The van der Waals surface area contributed by atoms with Crippen LogP contribution in [0, 0.1) is 23.0 Å². The maximum Gasteiger partial charge on any atom is 0.139 e. The van der Waals surface area contributed by atoms with E-state index in [1.54, 1.807) is 0 Å². The van der Waals surface area contributed by atoms with Gasteiger partial charge in [0.05, 0.1) is 0 Å². The van der Waals surface area contributed by atoms with E-state index in [9.17, 15) is 4.91 Å². The number of unbranched alkanes of at least 4 members (excludes halogenated alkanes) is 4. The van der Waals surface area contributed by atoms with Crippen molar-refractivity contribution in [1.29, 1.82) is 0 Å². The van der Waals surface area contributed by atoms with Crippen LogP contribution in [-0.2, 0) is 11.2 Å². The topological polar surface area (TPSA) is 38.7 Å². The smallest absolute Gasteiger partial charge is 0.139 e. The van der Waals surface area contributed by atoms with E-state index in [4.69, 9.17) is 4.74 Å². The summed E-state index contributed by atoms with van der Waals surface area (Å²) in [7, 11) is 0. The highest BCUT2D eigenvalue weighted by Gasteiger charge is 2.01. The quantitative estimate of drug-likeness (QED) is 0.162. The second kappa shape index (κ2) is 16.4. The van der Waals surface area contributed by atoms with Gasteiger partial charge in [0.1, 0.15) is 18.8 Å². The lowest BCUT2D eigenvalue weighted by Gasteiger charge is -2.10. The first-order chi connectivity index (χ1) is 12.8. The Bertz CT molecular complexity index is 542. The minimum absolute atomic E-state index is 0.550. The SMILES string of the molecule is CC(CCC/C=C/CCCOC#CN=O)CCCCCc1ccccc1. The lowest BCUT2D eigenvalue weighted by atomic mass is 9.96. The minimum atomic E-state index is 0.550. The third-order valence-corrected chi connectivity index (χ3v) is 4.52. The van der Waals surface area contributed by atoms with Gasteiger partial charge in [-0.1, -0.05) is 75.1 Å². The van der Waals surface area contributed by atoms with E-state index in [1.165, 1.54) is 50.5 Å².